The third kappa shape index (κ3) is 4.86. The van der Waals surface area contributed by atoms with Crippen molar-refractivity contribution in [2.45, 2.75) is 26.8 Å². The van der Waals surface area contributed by atoms with Crippen LogP contribution in [0, 0.1) is 25.5 Å². The molecule has 0 radical (unpaired) electrons. The average molecular weight is 347 g/mol. The molecular weight excluding hydrogens is 328 g/mol. The van der Waals surface area contributed by atoms with E-state index >= 15 is 0 Å². The second-order valence-electron chi connectivity index (χ2n) is 5.83. The largest absolute Gasteiger partial charge is 0.452 e. The SMILES string of the molecule is Cc1ccc([C@@H](C)NC(=O)COC(=O)c2ccc(F)cc2F)cc1C. The maximum atomic E-state index is 13.5. The first kappa shape index (κ1) is 18.6. The van der Waals surface area contributed by atoms with Crippen LogP contribution in [-0.4, -0.2) is 18.5 Å². The highest BCUT2D eigenvalue weighted by molar-refractivity contribution is 5.91. The summed E-state index contributed by atoms with van der Waals surface area (Å²) in [7, 11) is 0. The number of hydrogen-bond donors (Lipinski definition) is 1. The normalized spacial score (nSPS) is 11.7. The van der Waals surface area contributed by atoms with Gasteiger partial charge in [-0.1, -0.05) is 18.2 Å². The van der Waals surface area contributed by atoms with Crippen molar-refractivity contribution in [1.29, 1.82) is 0 Å². The molecule has 2 rings (SSSR count). The number of halogens is 2. The minimum atomic E-state index is -1.03. The second kappa shape index (κ2) is 7.88. The summed E-state index contributed by atoms with van der Waals surface area (Å²) in [6.45, 7) is 5.23. The minimum absolute atomic E-state index is 0.270. The molecule has 0 saturated heterocycles. The van der Waals surface area contributed by atoms with Gasteiger partial charge in [-0.05, 0) is 49.6 Å². The first-order valence-corrected chi connectivity index (χ1v) is 7.76. The van der Waals surface area contributed by atoms with E-state index in [1.165, 1.54) is 0 Å². The van der Waals surface area contributed by atoms with E-state index in [-0.39, 0.29) is 6.04 Å². The number of rotatable bonds is 5. The van der Waals surface area contributed by atoms with Gasteiger partial charge in [0.15, 0.2) is 6.61 Å². The Balaban J connectivity index is 1.91. The van der Waals surface area contributed by atoms with Crippen LogP contribution < -0.4 is 5.32 Å². The van der Waals surface area contributed by atoms with Crippen LogP contribution in [0.5, 0.6) is 0 Å². The van der Waals surface area contributed by atoms with Gasteiger partial charge in [0.25, 0.3) is 5.91 Å². The van der Waals surface area contributed by atoms with Crippen molar-refractivity contribution in [2.24, 2.45) is 0 Å². The van der Waals surface area contributed by atoms with Crippen LogP contribution >= 0.6 is 0 Å². The molecule has 0 saturated carbocycles. The Morgan fingerprint density at radius 3 is 2.44 bits per heavy atom. The molecule has 0 heterocycles. The van der Waals surface area contributed by atoms with Gasteiger partial charge in [-0.15, -0.1) is 0 Å². The zero-order chi connectivity index (χ0) is 18.6. The molecule has 25 heavy (non-hydrogen) atoms. The number of ether oxygens (including phenoxy) is 1. The molecule has 0 aliphatic heterocycles. The zero-order valence-electron chi connectivity index (χ0n) is 14.2. The molecule has 6 heteroatoms. The van der Waals surface area contributed by atoms with Gasteiger partial charge in [0.1, 0.15) is 11.6 Å². The van der Waals surface area contributed by atoms with Gasteiger partial charge in [0.05, 0.1) is 11.6 Å². The number of esters is 1. The molecule has 1 N–H and O–H groups in total. The predicted octanol–water partition coefficient (Wildman–Crippen LogP) is 3.62. The fraction of sp³-hybridized carbons (Fsp3) is 0.263. The third-order valence-electron chi connectivity index (χ3n) is 3.89. The summed E-state index contributed by atoms with van der Waals surface area (Å²) in [5, 5.41) is 2.70. The molecule has 0 aliphatic carbocycles. The van der Waals surface area contributed by atoms with Gasteiger partial charge in [-0.3, -0.25) is 4.79 Å². The fourth-order valence-electron chi connectivity index (χ4n) is 2.26. The summed E-state index contributed by atoms with van der Waals surface area (Å²) in [4.78, 5) is 23.7. The Morgan fingerprint density at radius 2 is 1.80 bits per heavy atom. The first-order valence-electron chi connectivity index (χ1n) is 7.76. The van der Waals surface area contributed by atoms with Gasteiger partial charge in [-0.25, -0.2) is 13.6 Å². The average Bonchev–Trinajstić information content (AvgIpc) is 2.55. The standard InChI is InChI=1S/C19H19F2NO3/c1-11-4-5-14(8-12(11)2)13(3)22-18(23)10-25-19(24)16-7-6-15(20)9-17(16)21/h4-9,13H,10H2,1-3H3,(H,22,23)/t13-/m1/s1. The molecule has 4 nitrogen and oxygen atoms in total. The molecule has 0 aromatic heterocycles. The quantitative estimate of drug-likeness (QED) is 0.841. The van der Waals surface area contributed by atoms with E-state index < -0.39 is 35.7 Å². The molecule has 0 aliphatic rings. The highest BCUT2D eigenvalue weighted by atomic mass is 19.1. The molecule has 0 spiro atoms. The molecule has 1 amide bonds. The van der Waals surface area contributed by atoms with E-state index in [0.717, 1.165) is 28.8 Å². The van der Waals surface area contributed by atoms with Gasteiger partial charge in [0.2, 0.25) is 0 Å². The summed E-state index contributed by atoms with van der Waals surface area (Å²) < 4.78 is 31.1. The fourth-order valence-corrected chi connectivity index (χ4v) is 2.26. The molecule has 0 bridgehead atoms. The number of carbonyl (C=O) groups excluding carboxylic acids is 2. The maximum absolute atomic E-state index is 13.5. The van der Waals surface area contributed by atoms with Crippen molar-refractivity contribution in [3.63, 3.8) is 0 Å². The molecule has 0 fully saturated rings. The molecule has 2 aromatic carbocycles. The highest BCUT2D eigenvalue weighted by Crippen LogP contribution is 2.16. The van der Waals surface area contributed by atoms with E-state index in [9.17, 15) is 18.4 Å². The topological polar surface area (TPSA) is 55.4 Å². The van der Waals surface area contributed by atoms with Crippen LogP contribution in [0.4, 0.5) is 8.78 Å². The summed E-state index contributed by atoms with van der Waals surface area (Å²) in [6.07, 6.45) is 0. The highest BCUT2D eigenvalue weighted by Gasteiger charge is 2.16. The van der Waals surface area contributed by atoms with E-state index in [0.29, 0.717) is 6.07 Å². The lowest BCUT2D eigenvalue weighted by molar-refractivity contribution is -0.124. The number of amides is 1. The van der Waals surface area contributed by atoms with Crippen molar-refractivity contribution in [1.82, 2.24) is 5.32 Å². The minimum Gasteiger partial charge on any atom is -0.452 e. The first-order chi connectivity index (χ1) is 11.8. The molecule has 2 aromatic rings. The molecular formula is C19H19F2NO3. The van der Waals surface area contributed by atoms with E-state index in [4.69, 9.17) is 4.74 Å². The Hall–Kier alpha value is -2.76. The number of hydrogen-bond acceptors (Lipinski definition) is 3. The van der Waals surface area contributed by atoms with Crippen molar-refractivity contribution in [2.75, 3.05) is 6.61 Å². The van der Waals surface area contributed by atoms with Crippen molar-refractivity contribution in [3.8, 4) is 0 Å². The van der Waals surface area contributed by atoms with Gasteiger partial charge < -0.3 is 10.1 Å². The maximum Gasteiger partial charge on any atom is 0.341 e. The summed E-state index contributed by atoms with van der Waals surface area (Å²) in [5.74, 6) is -3.36. The van der Waals surface area contributed by atoms with Crippen LogP contribution in [0.25, 0.3) is 0 Å². The number of benzene rings is 2. The van der Waals surface area contributed by atoms with Gasteiger partial charge in [0, 0.05) is 6.07 Å². The Morgan fingerprint density at radius 1 is 1.08 bits per heavy atom. The number of nitrogens with one attached hydrogen (secondary N) is 1. The van der Waals surface area contributed by atoms with Crippen LogP contribution in [-0.2, 0) is 9.53 Å². The predicted molar refractivity (Wildman–Crippen MR) is 89.1 cm³/mol. The van der Waals surface area contributed by atoms with Crippen molar-refractivity contribution >= 4 is 11.9 Å². The Kier molecular flexibility index (Phi) is 5.85. The molecule has 1 atom stereocenters. The molecule has 132 valence electrons. The van der Waals surface area contributed by atoms with Crippen LogP contribution in [0.3, 0.4) is 0 Å². The summed E-state index contributed by atoms with van der Waals surface area (Å²) in [6, 6.07) is 8.08. The van der Waals surface area contributed by atoms with Gasteiger partial charge in [-0.2, -0.15) is 0 Å². The van der Waals surface area contributed by atoms with Crippen molar-refractivity contribution < 1.29 is 23.1 Å². The van der Waals surface area contributed by atoms with Gasteiger partial charge >= 0.3 is 5.97 Å². The van der Waals surface area contributed by atoms with Crippen LogP contribution in [0.1, 0.15) is 40.0 Å². The zero-order valence-corrected chi connectivity index (χ0v) is 14.2. The number of carbonyl (C=O) groups is 2. The third-order valence-corrected chi connectivity index (χ3v) is 3.89. The van der Waals surface area contributed by atoms with Crippen LogP contribution in [0.15, 0.2) is 36.4 Å². The lowest BCUT2D eigenvalue weighted by atomic mass is 10.0. The van der Waals surface area contributed by atoms with E-state index in [1.807, 2.05) is 39.0 Å². The number of aryl methyl sites for hydroxylation is 2. The monoisotopic (exact) mass is 347 g/mol. The molecule has 0 unspecified atom stereocenters. The van der Waals surface area contributed by atoms with E-state index in [2.05, 4.69) is 5.32 Å². The summed E-state index contributed by atoms with van der Waals surface area (Å²) in [5.41, 5.74) is 2.76. The smallest absolute Gasteiger partial charge is 0.341 e. The van der Waals surface area contributed by atoms with Crippen molar-refractivity contribution in [3.05, 3.63) is 70.3 Å². The Bertz CT molecular complexity index is 805. The second-order valence-corrected chi connectivity index (χ2v) is 5.83. The lowest BCUT2D eigenvalue weighted by Crippen LogP contribution is -2.31. The lowest BCUT2D eigenvalue weighted by Gasteiger charge is -2.16. The van der Waals surface area contributed by atoms with E-state index in [1.54, 1.807) is 0 Å². The van der Waals surface area contributed by atoms with Crippen LogP contribution in [0.2, 0.25) is 0 Å². The summed E-state index contributed by atoms with van der Waals surface area (Å²) >= 11 is 0. The Labute approximate surface area is 144 Å².